The fourth-order valence-electron chi connectivity index (χ4n) is 2.69. The van der Waals surface area contributed by atoms with Crippen LogP contribution in [0.5, 0.6) is 0 Å². The van der Waals surface area contributed by atoms with E-state index < -0.39 is 11.7 Å². The highest BCUT2D eigenvalue weighted by Crippen LogP contribution is 2.36. The number of hydrogen-bond acceptors (Lipinski definition) is 5. The van der Waals surface area contributed by atoms with Crippen molar-refractivity contribution in [2.45, 2.75) is 6.92 Å². The summed E-state index contributed by atoms with van der Waals surface area (Å²) in [5.41, 5.74) is 3.01. The molecule has 1 N–H and O–H groups in total. The molecule has 0 spiro atoms. The van der Waals surface area contributed by atoms with E-state index in [1.165, 1.54) is 23.6 Å². The Kier molecular flexibility index (Phi) is 4.52. The topological polar surface area (TPSA) is 68.0 Å². The van der Waals surface area contributed by atoms with Crippen LogP contribution in [0.15, 0.2) is 65.6 Å². The highest BCUT2D eigenvalue weighted by molar-refractivity contribution is 7.19. The summed E-state index contributed by atoms with van der Waals surface area (Å²) in [6.45, 7) is 2.02. The van der Waals surface area contributed by atoms with E-state index in [4.69, 9.17) is 4.52 Å². The number of thiophene rings is 1. The number of rotatable bonds is 4. The zero-order valence-corrected chi connectivity index (χ0v) is 15.1. The number of pyridine rings is 1. The molecular formula is C20H14FN3O2S. The molecule has 0 unspecified atom stereocenters. The summed E-state index contributed by atoms with van der Waals surface area (Å²) in [5, 5.41) is 7.11. The van der Waals surface area contributed by atoms with Gasteiger partial charge >= 0.3 is 0 Å². The molecule has 0 saturated heterocycles. The predicted molar refractivity (Wildman–Crippen MR) is 102 cm³/mol. The van der Waals surface area contributed by atoms with Gasteiger partial charge in [-0.3, -0.25) is 9.78 Å². The second-order valence-electron chi connectivity index (χ2n) is 5.88. The number of aromatic nitrogens is 2. The normalized spacial score (nSPS) is 10.7. The molecule has 4 aromatic rings. The molecule has 1 amide bonds. The Balaban J connectivity index is 1.60. The van der Waals surface area contributed by atoms with Crippen LogP contribution in [-0.2, 0) is 0 Å². The molecule has 1 aromatic carbocycles. The third kappa shape index (κ3) is 3.50. The smallest absolute Gasteiger partial charge is 0.259 e. The second kappa shape index (κ2) is 7.13. The molecule has 0 bridgehead atoms. The van der Waals surface area contributed by atoms with Crippen LogP contribution in [0.3, 0.4) is 0 Å². The Morgan fingerprint density at radius 3 is 2.81 bits per heavy atom. The molecule has 0 aliphatic carbocycles. The lowest BCUT2D eigenvalue weighted by Crippen LogP contribution is -2.12. The van der Waals surface area contributed by atoms with Crippen molar-refractivity contribution in [3.8, 4) is 21.8 Å². The second-order valence-corrected chi connectivity index (χ2v) is 6.96. The van der Waals surface area contributed by atoms with Gasteiger partial charge in [0.15, 0.2) is 11.6 Å². The molecule has 0 aliphatic rings. The minimum atomic E-state index is -0.651. The van der Waals surface area contributed by atoms with Gasteiger partial charge in [-0.05, 0) is 42.3 Å². The van der Waals surface area contributed by atoms with E-state index in [1.54, 1.807) is 18.3 Å². The molecule has 0 fully saturated rings. The van der Waals surface area contributed by atoms with E-state index in [-0.39, 0.29) is 5.56 Å². The average molecular weight is 379 g/mol. The predicted octanol–water partition coefficient (Wildman–Crippen LogP) is 5.16. The first-order chi connectivity index (χ1) is 13.1. The lowest BCUT2D eigenvalue weighted by Gasteiger charge is -2.06. The number of carbonyl (C=O) groups is 1. The van der Waals surface area contributed by atoms with Gasteiger partial charge in [0.1, 0.15) is 0 Å². The summed E-state index contributed by atoms with van der Waals surface area (Å²) in [7, 11) is 0. The number of nitrogens with one attached hydrogen (secondary N) is 1. The van der Waals surface area contributed by atoms with Gasteiger partial charge in [0.25, 0.3) is 5.91 Å². The van der Waals surface area contributed by atoms with Crippen LogP contribution in [0.1, 0.15) is 15.9 Å². The van der Waals surface area contributed by atoms with Crippen molar-refractivity contribution < 1.29 is 13.7 Å². The first kappa shape index (κ1) is 17.1. The van der Waals surface area contributed by atoms with Gasteiger partial charge < -0.3 is 9.84 Å². The van der Waals surface area contributed by atoms with Crippen molar-refractivity contribution in [1.82, 2.24) is 10.1 Å². The first-order valence-corrected chi connectivity index (χ1v) is 8.96. The average Bonchev–Trinajstić information content (AvgIpc) is 3.34. The van der Waals surface area contributed by atoms with Crippen LogP contribution in [0.2, 0.25) is 0 Å². The maximum absolute atomic E-state index is 13.7. The summed E-state index contributed by atoms with van der Waals surface area (Å²) in [5.74, 6) is -0.465. The summed E-state index contributed by atoms with van der Waals surface area (Å²) >= 11 is 1.42. The van der Waals surface area contributed by atoms with Crippen LogP contribution in [0, 0.1) is 12.7 Å². The minimum absolute atomic E-state index is 0.0385. The van der Waals surface area contributed by atoms with Crippen LogP contribution < -0.4 is 5.32 Å². The fourth-order valence-corrected chi connectivity index (χ4v) is 3.68. The SMILES string of the molecule is Cc1ccc(-c2ccno2)cc1-c1ccc(NC(=O)c2ccncc2F)s1. The van der Waals surface area contributed by atoms with Gasteiger partial charge in [0, 0.05) is 22.7 Å². The monoisotopic (exact) mass is 379 g/mol. The fraction of sp³-hybridized carbons (Fsp3) is 0.0500. The van der Waals surface area contributed by atoms with Gasteiger partial charge in [-0.1, -0.05) is 17.3 Å². The summed E-state index contributed by atoms with van der Waals surface area (Å²) < 4.78 is 18.9. The molecule has 5 nitrogen and oxygen atoms in total. The van der Waals surface area contributed by atoms with E-state index in [1.807, 2.05) is 31.2 Å². The number of amides is 1. The Morgan fingerprint density at radius 1 is 1.15 bits per heavy atom. The number of hydrogen-bond donors (Lipinski definition) is 1. The van der Waals surface area contributed by atoms with Crippen LogP contribution in [-0.4, -0.2) is 16.0 Å². The molecule has 0 saturated carbocycles. The molecule has 3 aromatic heterocycles. The van der Waals surface area contributed by atoms with Crippen molar-refractivity contribution in [2.75, 3.05) is 5.32 Å². The summed E-state index contributed by atoms with van der Waals surface area (Å²) in [6, 6.07) is 12.9. The van der Waals surface area contributed by atoms with E-state index in [2.05, 4.69) is 15.5 Å². The number of carbonyl (C=O) groups excluding carboxylic acids is 1. The number of halogens is 1. The first-order valence-electron chi connectivity index (χ1n) is 8.14. The van der Waals surface area contributed by atoms with Gasteiger partial charge in [-0.2, -0.15) is 0 Å². The Hall–Kier alpha value is -3.32. The summed E-state index contributed by atoms with van der Waals surface area (Å²) in [4.78, 5) is 16.9. The van der Waals surface area contributed by atoms with Gasteiger partial charge in [0.05, 0.1) is 23.0 Å². The van der Waals surface area contributed by atoms with Gasteiger partial charge in [0.2, 0.25) is 0 Å². The maximum atomic E-state index is 13.7. The largest absolute Gasteiger partial charge is 0.356 e. The molecular weight excluding hydrogens is 365 g/mol. The van der Waals surface area contributed by atoms with Crippen molar-refractivity contribution in [3.05, 3.63) is 78.0 Å². The molecule has 4 rings (SSSR count). The summed E-state index contributed by atoms with van der Waals surface area (Å²) in [6.07, 6.45) is 4.01. The number of benzene rings is 1. The zero-order chi connectivity index (χ0) is 18.8. The lowest BCUT2D eigenvalue weighted by molar-refractivity contribution is 0.102. The number of aryl methyl sites for hydroxylation is 1. The van der Waals surface area contributed by atoms with Crippen LogP contribution in [0.4, 0.5) is 9.39 Å². The molecule has 3 heterocycles. The number of anilines is 1. The Morgan fingerprint density at radius 2 is 2.04 bits per heavy atom. The maximum Gasteiger partial charge on any atom is 0.259 e. The third-order valence-corrected chi connectivity index (χ3v) is 5.12. The lowest BCUT2D eigenvalue weighted by atomic mass is 10.0. The standard InChI is InChI=1S/C20H14FN3O2S/c1-12-2-3-13(17-7-9-23-26-17)10-15(12)18-4-5-19(27-18)24-20(25)14-6-8-22-11-16(14)21/h2-11H,1H3,(H,24,25). The van der Waals surface area contributed by atoms with E-state index in [0.717, 1.165) is 27.8 Å². The van der Waals surface area contributed by atoms with Crippen molar-refractivity contribution in [3.63, 3.8) is 0 Å². The molecule has 134 valence electrons. The van der Waals surface area contributed by atoms with E-state index in [0.29, 0.717) is 10.8 Å². The van der Waals surface area contributed by atoms with Crippen molar-refractivity contribution in [2.24, 2.45) is 0 Å². The molecule has 27 heavy (non-hydrogen) atoms. The van der Waals surface area contributed by atoms with Crippen LogP contribution in [0.25, 0.3) is 21.8 Å². The Labute approximate surface area is 158 Å². The minimum Gasteiger partial charge on any atom is -0.356 e. The van der Waals surface area contributed by atoms with E-state index >= 15 is 0 Å². The number of nitrogens with zero attached hydrogens (tertiary/aromatic N) is 2. The van der Waals surface area contributed by atoms with Gasteiger partial charge in [-0.25, -0.2) is 4.39 Å². The highest BCUT2D eigenvalue weighted by Gasteiger charge is 2.14. The Bertz CT molecular complexity index is 1110. The molecule has 0 aliphatic heterocycles. The molecule has 7 heteroatoms. The molecule has 0 atom stereocenters. The highest BCUT2D eigenvalue weighted by atomic mass is 32.1. The molecule has 0 radical (unpaired) electrons. The third-order valence-electron chi connectivity index (χ3n) is 4.09. The quantitative estimate of drug-likeness (QED) is 0.531. The van der Waals surface area contributed by atoms with E-state index in [9.17, 15) is 9.18 Å². The van der Waals surface area contributed by atoms with Crippen molar-refractivity contribution >= 4 is 22.2 Å². The van der Waals surface area contributed by atoms with Gasteiger partial charge in [-0.15, -0.1) is 11.3 Å². The van der Waals surface area contributed by atoms with Crippen LogP contribution >= 0.6 is 11.3 Å². The zero-order valence-electron chi connectivity index (χ0n) is 14.3. The van der Waals surface area contributed by atoms with Crippen molar-refractivity contribution in [1.29, 1.82) is 0 Å².